The molecule has 2 saturated heterocycles. The molecule has 0 bridgehead atoms. The number of piperidine rings is 1. The van der Waals surface area contributed by atoms with E-state index < -0.39 is 6.10 Å². The lowest BCUT2D eigenvalue weighted by Gasteiger charge is -2.39. The molecule has 1 atom stereocenters. The van der Waals surface area contributed by atoms with Crippen molar-refractivity contribution in [3.05, 3.63) is 0 Å². The van der Waals surface area contributed by atoms with Gasteiger partial charge in [0.15, 0.2) is 0 Å². The van der Waals surface area contributed by atoms with Gasteiger partial charge in [-0.15, -0.1) is 11.8 Å². The number of aliphatic hydroxyl groups is 1. The third-order valence-corrected chi connectivity index (χ3v) is 4.83. The van der Waals surface area contributed by atoms with Gasteiger partial charge in [0.25, 0.3) is 0 Å². The topological polar surface area (TPSA) is 52.6 Å². The van der Waals surface area contributed by atoms with Crippen molar-refractivity contribution in [2.45, 2.75) is 37.2 Å². The van der Waals surface area contributed by atoms with E-state index in [1.165, 1.54) is 5.75 Å². The van der Waals surface area contributed by atoms with E-state index in [2.05, 4.69) is 5.32 Å². The lowest BCUT2D eigenvalue weighted by molar-refractivity contribution is -0.134. The molecule has 2 heterocycles. The van der Waals surface area contributed by atoms with Crippen LogP contribution in [0.25, 0.3) is 0 Å². The van der Waals surface area contributed by atoms with Crippen LogP contribution in [-0.4, -0.2) is 52.3 Å². The summed E-state index contributed by atoms with van der Waals surface area (Å²) in [4.78, 5) is 13.9. The van der Waals surface area contributed by atoms with Crippen molar-refractivity contribution in [1.29, 1.82) is 0 Å². The molecule has 2 rings (SSSR count). The van der Waals surface area contributed by atoms with Gasteiger partial charge in [-0.3, -0.25) is 4.79 Å². The summed E-state index contributed by atoms with van der Waals surface area (Å²) >= 11 is 1.99. The van der Waals surface area contributed by atoms with Crippen molar-refractivity contribution >= 4 is 17.7 Å². The minimum atomic E-state index is -0.526. The van der Waals surface area contributed by atoms with Gasteiger partial charge in [0.2, 0.25) is 5.91 Å². The molecule has 0 aromatic heterocycles. The highest BCUT2D eigenvalue weighted by molar-refractivity contribution is 8.00. The summed E-state index contributed by atoms with van der Waals surface area (Å²) in [5, 5.41) is 12.7. The van der Waals surface area contributed by atoms with Crippen molar-refractivity contribution < 1.29 is 9.90 Å². The standard InChI is InChI=1S/C11H20N2O2S/c1-9(14)8-10(15)13-5-2-11(3-6-13)12-4-7-16-11/h9,12,14H,2-8H2,1H3. The molecule has 1 unspecified atom stereocenters. The van der Waals surface area contributed by atoms with Gasteiger partial charge < -0.3 is 15.3 Å². The van der Waals surface area contributed by atoms with Gasteiger partial charge in [-0.05, 0) is 19.8 Å². The first-order valence-corrected chi connectivity index (χ1v) is 6.95. The normalized spacial score (nSPS) is 26.0. The zero-order valence-corrected chi connectivity index (χ0v) is 10.6. The molecule has 4 nitrogen and oxygen atoms in total. The largest absolute Gasteiger partial charge is 0.393 e. The Morgan fingerprint density at radius 1 is 1.56 bits per heavy atom. The summed E-state index contributed by atoms with van der Waals surface area (Å²) in [6.07, 6.45) is 1.79. The Bertz CT molecular complexity index is 255. The number of thioether (sulfide) groups is 1. The van der Waals surface area contributed by atoms with Gasteiger partial charge in [-0.2, -0.15) is 0 Å². The molecule has 0 aromatic rings. The van der Waals surface area contributed by atoms with E-state index in [1.54, 1.807) is 6.92 Å². The average Bonchev–Trinajstić information content (AvgIpc) is 2.66. The van der Waals surface area contributed by atoms with Gasteiger partial charge >= 0.3 is 0 Å². The number of hydrogen-bond acceptors (Lipinski definition) is 4. The highest BCUT2D eigenvalue weighted by Gasteiger charge is 2.38. The number of nitrogens with zero attached hydrogens (tertiary/aromatic N) is 1. The Morgan fingerprint density at radius 3 is 2.75 bits per heavy atom. The van der Waals surface area contributed by atoms with Crippen molar-refractivity contribution in [2.24, 2.45) is 0 Å². The SMILES string of the molecule is CC(O)CC(=O)N1CCC2(CC1)NCCS2. The fraction of sp³-hybridized carbons (Fsp3) is 0.909. The Hall–Kier alpha value is -0.260. The second kappa shape index (κ2) is 4.94. The number of hydrogen-bond donors (Lipinski definition) is 2. The first kappa shape index (κ1) is 12.2. The first-order valence-electron chi connectivity index (χ1n) is 5.96. The maximum atomic E-state index is 11.8. The molecule has 92 valence electrons. The van der Waals surface area contributed by atoms with Crippen LogP contribution in [0.5, 0.6) is 0 Å². The number of rotatable bonds is 2. The predicted octanol–water partition coefficient (Wildman–Crippen LogP) is 0.412. The molecule has 0 aliphatic carbocycles. The average molecular weight is 244 g/mol. The van der Waals surface area contributed by atoms with Crippen molar-refractivity contribution in [3.8, 4) is 0 Å². The highest BCUT2D eigenvalue weighted by atomic mass is 32.2. The van der Waals surface area contributed by atoms with Gasteiger partial charge in [0.1, 0.15) is 0 Å². The smallest absolute Gasteiger partial charge is 0.225 e. The minimum absolute atomic E-state index is 0.0906. The number of likely N-dealkylation sites (tertiary alicyclic amines) is 1. The highest BCUT2D eigenvalue weighted by Crippen LogP contribution is 2.36. The van der Waals surface area contributed by atoms with Crippen LogP contribution >= 0.6 is 11.8 Å². The van der Waals surface area contributed by atoms with Crippen LogP contribution in [0.3, 0.4) is 0 Å². The maximum Gasteiger partial charge on any atom is 0.225 e. The van der Waals surface area contributed by atoms with E-state index >= 15 is 0 Å². The molecule has 2 aliphatic heterocycles. The summed E-state index contributed by atoms with van der Waals surface area (Å²) in [5.41, 5.74) is 0. The molecule has 16 heavy (non-hydrogen) atoms. The maximum absolute atomic E-state index is 11.8. The Balaban J connectivity index is 1.82. The second-order valence-corrected chi connectivity index (χ2v) is 6.18. The first-order chi connectivity index (χ1) is 7.61. The number of nitrogens with one attached hydrogen (secondary N) is 1. The van der Waals surface area contributed by atoms with E-state index in [-0.39, 0.29) is 17.2 Å². The fourth-order valence-corrected chi connectivity index (χ4v) is 3.67. The van der Waals surface area contributed by atoms with Gasteiger partial charge in [-0.1, -0.05) is 0 Å². The van der Waals surface area contributed by atoms with Gasteiger partial charge in [0, 0.05) is 25.4 Å². The molecule has 1 amide bonds. The second-order valence-electron chi connectivity index (χ2n) is 4.70. The van der Waals surface area contributed by atoms with Crippen molar-refractivity contribution in [3.63, 3.8) is 0 Å². The minimum Gasteiger partial charge on any atom is -0.393 e. The Labute approximate surface area is 101 Å². The number of carbonyl (C=O) groups is 1. The van der Waals surface area contributed by atoms with Crippen LogP contribution < -0.4 is 5.32 Å². The molecule has 1 spiro atoms. The third-order valence-electron chi connectivity index (χ3n) is 3.32. The van der Waals surface area contributed by atoms with Gasteiger partial charge in [-0.25, -0.2) is 0 Å². The van der Waals surface area contributed by atoms with E-state index in [4.69, 9.17) is 0 Å². The summed E-state index contributed by atoms with van der Waals surface area (Å²) in [5.74, 6) is 1.27. The zero-order chi connectivity index (χ0) is 11.6. The molecule has 0 aromatic carbocycles. The third kappa shape index (κ3) is 2.70. The van der Waals surface area contributed by atoms with E-state index in [0.717, 1.165) is 32.5 Å². The summed E-state index contributed by atoms with van der Waals surface area (Å²) in [7, 11) is 0. The van der Waals surface area contributed by atoms with Crippen LogP contribution in [0.4, 0.5) is 0 Å². The van der Waals surface area contributed by atoms with Gasteiger partial charge in [0.05, 0.1) is 17.4 Å². The van der Waals surface area contributed by atoms with Crippen LogP contribution in [0.15, 0.2) is 0 Å². The number of amides is 1. The van der Waals surface area contributed by atoms with Crippen LogP contribution in [0.2, 0.25) is 0 Å². The summed E-state index contributed by atoms with van der Waals surface area (Å²) in [6.45, 7) is 4.40. The molecule has 2 N–H and O–H groups in total. The molecule has 0 saturated carbocycles. The van der Waals surface area contributed by atoms with Crippen molar-refractivity contribution in [1.82, 2.24) is 10.2 Å². The molecule has 2 fully saturated rings. The van der Waals surface area contributed by atoms with Crippen molar-refractivity contribution in [2.75, 3.05) is 25.4 Å². The Morgan fingerprint density at radius 2 is 2.25 bits per heavy atom. The van der Waals surface area contributed by atoms with E-state index in [1.807, 2.05) is 16.7 Å². The van der Waals surface area contributed by atoms with E-state index in [0.29, 0.717) is 0 Å². The predicted molar refractivity (Wildman–Crippen MR) is 65.3 cm³/mol. The number of carbonyl (C=O) groups excluding carboxylic acids is 1. The Kier molecular flexibility index (Phi) is 3.77. The lowest BCUT2D eigenvalue weighted by Crippen LogP contribution is -2.50. The molecule has 2 aliphatic rings. The van der Waals surface area contributed by atoms with Crippen LogP contribution in [0, 0.1) is 0 Å². The quantitative estimate of drug-likeness (QED) is 0.739. The van der Waals surface area contributed by atoms with Crippen LogP contribution in [0.1, 0.15) is 26.2 Å². The van der Waals surface area contributed by atoms with E-state index in [9.17, 15) is 9.90 Å². The monoisotopic (exact) mass is 244 g/mol. The molecule has 5 heteroatoms. The molecular formula is C11H20N2O2S. The summed E-state index contributed by atoms with van der Waals surface area (Å²) < 4.78 is 0. The van der Waals surface area contributed by atoms with Crippen LogP contribution in [-0.2, 0) is 4.79 Å². The number of aliphatic hydroxyl groups excluding tert-OH is 1. The zero-order valence-electron chi connectivity index (χ0n) is 9.74. The molecule has 0 radical (unpaired) electrons. The molecular weight excluding hydrogens is 224 g/mol. The summed E-state index contributed by atoms with van der Waals surface area (Å²) in [6, 6.07) is 0. The lowest BCUT2D eigenvalue weighted by atomic mass is 10.0. The fourth-order valence-electron chi connectivity index (χ4n) is 2.40.